The first-order chi connectivity index (χ1) is 6.16. The van der Waals surface area contributed by atoms with E-state index in [2.05, 4.69) is 0 Å². The van der Waals surface area contributed by atoms with Crippen LogP contribution in [-0.2, 0) is 9.78 Å². The largest absolute Gasteiger partial charge is 0.390 e. The molecule has 1 N–H and O–H groups in total. The second kappa shape index (κ2) is 5.10. The second-order valence-corrected chi connectivity index (χ2v) is 5.12. The Morgan fingerprint density at radius 1 is 1.21 bits per heavy atom. The van der Waals surface area contributed by atoms with E-state index < -0.39 is 5.60 Å². The molecule has 0 aromatic carbocycles. The van der Waals surface area contributed by atoms with Crippen LogP contribution >= 0.6 is 0 Å². The first-order valence-corrected chi connectivity index (χ1v) is 5.23. The fourth-order valence-electron chi connectivity index (χ4n) is 1.01. The number of rotatable bonds is 6. The highest BCUT2D eigenvalue weighted by molar-refractivity contribution is 4.69. The summed E-state index contributed by atoms with van der Waals surface area (Å²) in [6.45, 7) is 11.4. The van der Waals surface area contributed by atoms with E-state index in [1.54, 1.807) is 13.8 Å². The van der Waals surface area contributed by atoms with Crippen LogP contribution in [0.15, 0.2) is 0 Å². The van der Waals surface area contributed by atoms with Crippen LogP contribution in [0, 0.1) is 0 Å². The molecule has 0 bridgehead atoms. The molecule has 0 aromatic heterocycles. The maximum Gasteiger partial charge on any atom is 0.0977 e. The number of hydrogen-bond acceptors (Lipinski definition) is 3. The smallest absolute Gasteiger partial charge is 0.0977 e. The molecule has 0 heterocycles. The first-order valence-electron chi connectivity index (χ1n) is 5.23. The van der Waals surface area contributed by atoms with Crippen LogP contribution < -0.4 is 0 Å². The van der Waals surface area contributed by atoms with Crippen LogP contribution in [0.5, 0.6) is 0 Å². The third-order valence-corrected chi connectivity index (χ3v) is 2.08. The molecule has 3 nitrogen and oxygen atoms in total. The number of aliphatic hydroxyl groups is 1. The minimum Gasteiger partial charge on any atom is -0.390 e. The van der Waals surface area contributed by atoms with Crippen molar-refractivity contribution in [1.82, 2.24) is 0 Å². The minimum absolute atomic E-state index is 0.0965. The minimum atomic E-state index is -0.709. The van der Waals surface area contributed by atoms with Crippen molar-refractivity contribution in [3.8, 4) is 0 Å². The normalized spacial score (nSPS) is 15.6. The van der Waals surface area contributed by atoms with Gasteiger partial charge >= 0.3 is 0 Å². The molecule has 0 aliphatic carbocycles. The summed E-state index contributed by atoms with van der Waals surface area (Å²) in [4.78, 5) is 10.5. The Morgan fingerprint density at radius 2 is 1.71 bits per heavy atom. The Hall–Kier alpha value is -0.120. The zero-order valence-corrected chi connectivity index (χ0v) is 10.3. The summed E-state index contributed by atoms with van der Waals surface area (Å²) in [5.74, 6) is 0. The van der Waals surface area contributed by atoms with Crippen molar-refractivity contribution in [2.75, 3.05) is 0 Å². The lowest BCUT2D eigenvalue weighted by atomic mass is 10.0. The van der Waals surface area contributed by atoms with E-state index >= 15 is 0 Å². The van der Waals surface area contributed by atoms with Crippen molar-refractivity contribution >= 4 is 0 Å². The van der Waals surface area contributed by atoms with E-state index in [0.717, 1.165) is 6.42 Å². The predicted octanol–water partition coefficient (Wildman–Crippen LogP) is 2.67. The van der Waals surface area contributed by atoms with Gasteiger partial charge in [0.25, 0.3) is 0 Å². The molecular weight excluding hydrogens is 180 g/mol. The van der Waals surface area contributed by atoms with Gasteiger partial charge in [-0.2, -0.15) is 0 Å². The second-order valence-electron chi connectivity index (χ2n) is 5.12. The summed E-state index contributed by atoms with van der Waals surface area (Å²) < 4.78 is 0. The van der Waals surface area contributed by atoms with Gasteiger partial charge in [-0.1, -0.05) is 6.92 Å². The maximum atomic E-state index is 9.54. The van der Waals surface area contributed by atoms with E-state index in [9.17, 15) is 5.11 Å². The van der Waals surface area contributed by atoms with Gasteiger partial charge in [0.2, 0.25) is 0 Å². The molecule has 0 amide bonds. The zero-order valence-electron chi connectivity index (χ0n) is 10.3. The van der Waals surface area contributed by atoms with E-state index in [1.165, 1.54) is 0 Å². The van der Waals surface area contributed by atoms with Gasteiger partial charge in [0, 0.05) is 6.42 Å². The first kappa shape index (κ1) is 13.9. The van der Waals surface area contributed by atoms with Crippen LogP contribution in [-0.4, -0.2) is 22.4 Å². The Labute approximate surface area is 87.3 Å². The molecule has 1 atom stereocenters. The van der Waals surface area contributed by atoms with E-state index in [-0.39, 0.29) is 11.7 Å². The van der Waals surface area contributed by atoms with Gasteiger partial charge in [0.05, 0.1) is 17.3 Å². The average molecular weight is 204 g/mol. The molecule has 86 valence electrons. The molecule has 0 saturated carbocycles. The van der Waals surface area contributed by atoms with Gasteiger partial charge in [0.1, 0.15) is 0 Å². The Balaban J connectivity index is 3.80. The van der Waals surface area contributed by atoms with Gasteiger partial charge in [-0.05, 0) is 41.0 Å². The Bertz CT molecular complexity index is 158. The summed E-state index contributed by atoms with van der Waals surface area (Å²) in [5, 5.41) is 9.54. The SMILES string of the molecule is CCC(C)(C)OOC(C)CC(C)(C)O. The van der Waals surface area contributed by atoms with Gasteiger partial charge < -0.3 is 5.11 Å². The molecule has 14 heavy (non-hydrogen) atoms. The summed E-state index contributed by atoms with van der Waals surface area (Å²) >= 11 is 0. The fraction of sp³-hybridized carbons (Fsp3) is 1.00. The topological polar surface area (TPSA) is 38.7 Å². The van der Waals surface area contributed by atoms with Crippen molar-refractivity contribution in [3.05, 3.63) is 0 Å². The van der Waals surface area contributed by atoms with E-state index in [1.807, 2.05) is 27.7 Å². The van der Waals surface area contributed by atoms with Crippen molar-refractivity contribution in [1.29, 1.82) is 0 Å². The van der Waals surface area contributed by atoms with Gasteiger partial charge in [-0.3, -0.25) is 0 Å². The van der Waals surface area contributed by atoms with Gasteiger partial charge in [0.15, 0.2) is 0 Å². The highest BCUT2D eigenvalue weighted by atomic mass is 17.2. The summed E-state index contributed by atoms with van der Waals surface area (Å²) in [7, 11) is 0. The molecule has 0 rings (SSSR count). The van der Waals surface area contributed by atoms with E-state index in [4.69, 9.17) is 9.78 Å². The molecular formula is C11H24O3. The molecule has 1 unspecified atom stereocenters. The lowest BCUT2D eigenvalue weighted by Gasteiger charge is -2.26. The van der Waals surface area contributed by atoms with Crippen LogP contribution in [0.25, 0.3) is 0 Å². The van der Waals surface area contributed by atoms with Crippen molar-refractivity contribution in [3.63, 3.8) is 0 Å². The van der Waals surface area contributed by atoms with Crippen LogP contribution in [0.4, 0.5) is 0 Å². The molecule has 0 fully saturated rings. The van der Waals surface area contributed by atoms with Crippen molar-refractivity contribution in [2.45, 2.75) is 71.7 Å². The van der Waals surface area contributed by atoms with Crippen molar-refractivity contribution < 1.29 is 14.9 Å². The van der Waals surface area contributed by atoms with Crippen molar-refractivity contribution in [2.24, 2.45) is 0 Å². The van der Waals surface area contributed by atoms with E-state index in [0.29, 0.717) is 6.42 Å². The summed E-state index contributed by atoms with van der Waals surface area (Å²) in [6, 6.07) is 0. The quantitative estimate of drug-likeness (QED) is 0.534. The van der Waals surface area contributed by atoms with Gasteiger partial charge in [-0.25, -0.2) is 9.78 Å². The standard InChI is InChI=1S/C11H24O3/c1-7-11(5,6)14-13-9(2)8-10(3,4)12/h9,12H,7-8H2,1-6H3. The lowest BCUT2D eigenvalue weighted by molar-refractivity contribution is -0.378. The van der Waals surface area contributed by atoms with Gasteiger partial charge in [-0.15, -0.1) is 0 Å². The maximum absolute atomic E-state index is 9.54. The Kier molecular flexibility index (Phi) is 5.06. The molecule has 0 spiro atoms. The molecule has 0 saturated heterocycles. The van der Waals surface area contributed by atoms with Crippen LogP contribution in [0.3, 0.4) is 0 Å². The fourth-order valence-corrected chi connectivity index (χ4v) is 1.01. The third-order valence-electron chi connectivity index (χ3n) is 2.08. The molecule has 0 aliphatic rings. The summed E-state index contributed by atoms with van der Waals surface area (Å²) in [5.41, 5.74) is -0.965. The highest BCUT2D eigenvalue weighted by Crippen LogP contribution is 2.18. The predicted molar refractivity (Wildman–Crippen MR) is 56.9 cm³/mol. The number of hydrogen-bond donors (Lipinski definition) is 1. The Morgan fingerprint density at radius 3 is 2.07 bits per heavy atom. The average Bonchev–Trinajstić information content (AvgIpc) is 1.98. The highest BCUT2D eigenvalue weighted by Gasteiger charge is 2.22. The zero-order chi connectivity index (χ0) is 11.4. The summed E-state index contributed by atoms with van der Waals surface area (Å²) in [6.07, 6.45) is 1.36. The molecule has 0 radical (unpaired) electrons. The molecule has 3 heteroatoms. The third kappa shape index (κ3) is 7.30. The monoisotopic (exact) mass is 204 g/mol. The molecule has 0 aromatic rings. The lowest BCUT2D eigenvalue weighted by Crippen LogP contribution is -2.30. The van der Waals surface area contributed by atoms with Crippen LogP contribution in [0.2, 0.25) is 0 Å². The molecule has 0 aliphatic heterocycles. The van der Waals surface area contributed by atoms with Crippen LogP contribution in [0.1, 0.15) is 54.4 Å².